The number of halogens is 2. The standard InChI is InChI=1S/C20H21FN4OS.CH3F/c1-12-5-4-6-14(7-16(12)21)10-23-19(26)17-8-15(11-22-17)18-13(2)9-24-20(25-18)27-3;1-2/h5-9,11,22H,4,10H2,1-3H3,(H,23,26);1H3. The summed E-state index contributed by atoms with van der Waals surface area (Å²) in [5, 5.41) is 3.51. The quantitative estimate of drug-likeness (QED) is 0.533. The van der Waals surface area contributed by atoms with Crippen molar-refractivity contribution in [2.45, 2.75) is 25.4 Å². The number of amides is 1. The first-order valence-electron chi connectivity index (χ1n) is 8.93. The Morgan fingerprint density at radius 1 is 1.31 bits per heavy atom. The van der Waals surface area contributed by atoms with Crippen LogP contribution in [0.2, 0.25) is 0 Å². The summed E-state index contributed by atoms with van der Waals surface area (Å²) in [4.78, 5) is 24.2. The van der Waals surface area contributed by atoms with E-state index in [1.807, 2.05) is 25.3 Å². The number of H-pyrrole nitrogens is 1. The summed E-state index contributed by atoms with van der Waals surface area (Å²) in [6.07, 6.45) is 11.3. The van der Waals surface area contributed by atoms with Crippen LogP contribution in [0.4, 0.5) is 8.78 Å². The molecule has 154 valence electrons. The maximum absolute atomic E-state index is 13.8. The Kier molecular flexibility index (Phi) is 8.33. The fourth-order valence-corrected chi connectivity index (χ4v) is 3.04. The van der Waals surface area contributed by atoms with Gasteiger partial charge in [0, 0.05) is 24.5 Å². The van der Waals surface area contributed by atoms with E-state index < -0.39 is 0 Å². The van der Waals surface area contributed by atoms with Gasteiger partial charge in [0.05, 0.1) is 12.9 Å². The Labute approximate surface area is 173 Å². The number of carbonyl (C=O) groups is 1. The van der Waals surface area contributed by atoms with E-state index in [0.717, 1.165) is 22.4 Å². The second-order valence-electron chi connectivity index (χ2n) is 6.27. The highest BCUT2D eigenvalue weighted by molar-refractivity contribution is 7.98. The second kappa shape index (κ2) is 10.7. The van der Waals surface area contributed by atoms with Crippen LogP contribution < -0.4 is 5.32 Å². The van der Waals surface area contributed by atoms with Crippen molar-refractivity contribution in [1.82, 2.24) is 20.3 Å². The minimum Gasteiger partial charge on any atom is -0.357 e. The van der Waals surface area contributed by atoms with E-state index >= 15 is 0 Å². The van der Waals surface area contributed by atoms with Crippen molar-refractivity contribution in [3.05, 3.63) is 64.9 Å². The first-order valence-corrected chi connectivity index (χ1v) is 10.2. The van der Waals surface area contributed by atoms with Crippen LogP contribution in [0.3, 0.4) is 0 Å². The molecule has 0 saturated heterocycles. The maximum Gasteiger partial charge on any atom is 0.267 e. The highest BCUT2D eigenvalue weighted by Crippen LogP contribution is 2.24. The molecule has 2 heterocycles. The van der Waals surface area contributed by atoms with Crippen LogP contribution in [0.25, 0.3) is 11.3 Å². The van der Waals surface area contributed by atoms with Crippen LogP contribution in [-0.4, -0.2) is 40.8 Å². The molecule has 3 rings (SSSR count). The molecule has 8 heteroatoms. The maximum atomic E-state index is 13.8. The number of aryl methyl sites for hydroxylation is 1. The van der Waals surface area contributed by atoms with Gasteiger partial charge in [0.15, 0.2) is 5.16 Å². The molecule has 1 aliphatic carbocycles. The summed E-state index contributed by atoms with van der Waals surface area (Å²) >= 11 is 1.47. The first-order chi connectivity index (χ1) is 14.0. The average Bonchev–Trinajstić information content (AvgIpc) is 3.17. The van der Waals surface area contributed by atoms with Gasteiger partial charge >= 0.3 is 0 Å². The highest BCUT2D eigenvalue weighted by atomic mass is 32.2. The van der Waals surface area contributed by atoms with Crippen molar-refractivity contribution in [1.29, 1.82) is 0 Å². The number of rotatable bonds is 5. The summed E-state index contributed by atoms with van der Waals surface area (Å²) in [6, 6.07) is 1.76. The Bertz CT molecular complexity index is 963. The van der Waals surface area contributed by atoms with Crippen molar-refractivity contribution in [2.24, 2.45) is 0 Å². The van der Waals surface area contributed by atoms with E-state index in [2.05, 4.69) is 20.3 Å². The van der Waals surface area contributed by atoms with Crippen LogP contribution in [0.5, 0.6) is 0 Å². The van der Waals surface area contributed by atoms with Gasteiger partial charge in [-0.2, -0.15) is 0 Å². The van der Waals surface area contributed by atoms with Crippen LogP contribution in [0, 0.1) is 6.92 Å². The van der Waals surface area contributed by atoms with Gasteiger partial charge in [0.2, 0.25) is 0 Å². The van der Waals surface area contributed by atoms with Crippen molar-refractivity contribution in [3.63, 3.8) is 0 Å². The van der Waals surface area contributed by atoms with Gasteiger partial charge in [-0.25, -0.2) is 14.4 Å². The molecule has 0 aliphatic heterocycles. The van der Waals surface area contributed by atoms with E-state index in [0.29, 0.717) is 30.0 Å². The van der Waals surface area contributed by atoms with E-state index in [9.17, 15) is 13.6 Å². The predicted molar refractivity (Wildman–Crippen MR) is 113 cm³/mol. The zero-order valence-electron chi connectivity index (χ0n) is 16.8. The fourth-order valence-electron chi connectivity index (χ4n) is 2.70. The summed E-state index contributed by atoms with van der Waals surface area (Å²) in [5.74, 6) is -0.513. The molecule has 0 aromatic carbocycles. The van der Waals surface area contributed by atoms with Crippen LogP contribution in [0.1, 0.15) is 29.4 Å². The molecule has 0 radical (unpaired) electrons. The lowest BCUT2D eigenvalue weighted by Gasteiger charge is -2.05. The van der Waals surface area contributed by atoms with E-state index in [4.69, 9.17) is 0 Å². The highest BCUT2D eigenvalue weighted by Gasteiger charge is 2.13. The van der Waals surface area contributed by atoms with Crippen molar-refractivity contribution < 1.29 is 13.6 Å². The molecule has 0 unspecified atom stereocenters. The largest absolute Gasteiger partial charge is 0.357 e. The lowest BCUT2D eigenvalue weighted by molar-refractivity contribution is 0.0953. The second-order valence-corrected chi connectivity index (χ2v) is 7.04. The molecule has 0 bridgehead atoms. The minimum absolute atomic E-state index is 0.248. The van der Waals surface area contributed by atoms with Gasteiger partial charge in [0.25, 0.3) is 5.91 Å². The Morgan fingerprint density at radius 3 is 2.79 bits per heavy atom. The zero-order valence-corrected chi connectivity index (χ0v) is 17.7. The number of hydrogen-bond donors (Lipinski definition) is 2. The molecule has 2 N–H and O–H groups in total. The van der Waals surface area contributed by atoms with Crippen molar-refractivity contribution >= 4 is 17.7 Å². The van der Waals surface area contributed by atoms with Gasteiger partial charge < -0.3 is 10.3 Å². The lowest BCUT2D eigenvalue weighted by atomic mass is 10.1. The van der Waals surface area contributed by atoms with E-state index in [1.165, 1.54) is 17.8 Å². The minimum atomic E-state index is -0.265. The molecule has 1 amide bonds. The third-order valence-electron chi connectivity index (χ3n) is 4.28. The Hall–Kier alpha value is -2.74. The topological polar surface area (TPSA) is 70.7 Å². The van der Waals surface area contributed by atoms with Gasteiger partial charge in [0.1, 0.15) is 11.5 Å². The van der Waals surface area contributed by atoms with E-state index in [1.54, 1.807) is 25.4 Å². The molecule has 29 heavy (non-hydrogen) atoms. The molecule has 0 spiro atoms. The number of alkyl halides is 1. The normalized spacial score (nSPS) is 13.4. The van der Waals surface area contributed by atoms with Crippen LogP contribution >= 0.6 is 11.8 Å². The first kappa shape index (κ1) is 22.5. The number of aromatic amines is 1. The molecule has 0 atom stereocenters. The van der Waals surface area contributed by atoms with Gasteiger partial charge in [-0.05, 0) is 55.4 Å². The predicted octanol–water partition coefficient (Wildman–Crippen LogP) is 4.95. The zero-order chi connectivity index (χ0) is 21.4. The van der Waals surface area contributed by atoms with Crippen molar-refractivity contribution in [2.75, 3.05) is 20.0 Å². The molecule has 5 nitrogen and oxygen atoms in total. The molecular weight excluding hydrogens is 394 g/mol. The van der Waals surface area contributed by atoms with Gasteiger partial charge in [-0.3, -0.25) is 9.18 Å². The Balaban J connectivity index is 0.00000145. The van der Waals surface area contributed by atoms with E-state index in [-0.39, 0.29) is 18.3 Å². The van der Waals surface area contributed by atoms with Crippen molar-refractivity contribution in [3.8, 4) is 11.3 Å². The molecule has 2 aromatic rings. The molecule has 0 fully saturated rings. The summed E-state index contributed by atoms with van der Waals surface area (Å²) in [6.45, 7) is 3.94. The number of carbonyl (C=O) groups excluding carboxylic acids is 1. The van der Waals surface area contributed by atoms with Gasteiger partial charge in [-0.15, -0.1) is 0 Å². The molecule has 2 aromatic heterocycles. The third kappa shape index (κ3) is 5.87. The lowest BCUT2D eigenvalue weighted by Crippen LogP contribution is -2.25. The van der Waals surface area contributed by atoms with Crippen LogP contribution in [-0.2, 0) is 0 Å². The number of allylic oxidation sites excluding steroid dienone is 4. The number of thioether (sulfide) groups is 1. The number of aromatic nitrogens is 3. The average molecular weight is 419 g/mol. The Morgan fingerprint density at radius 2 is 2.07 bits per heavy atom. The number of hydrogen-bond acceptors (Lipinski definition) is 4. The monoisotopic (exact) mass is 418 g/mol. The number of nitrogens with zero attached hydrogens (tertiary/aromatic N) is 2. The fraction of sp³-hybridized carbons (Fsp3) is 0.286. The summed E-state index contributed by atoms with van der Waals surface area (Å²) in [7, 11) is 0.500. The van der Waals surface area contributed by atoms with Crippen LogP contribution in [0.15, 0.2) is 58.8 Å². The molecule has 1 aliphatic rings. The summed E-state index contributed by atoms with van der Waals surface area (Å²) in [5.41, 5.74) is 4.36. The SMILES string of the molecule is CF.CSc1ncc(C)c(-c2c[nH]c(C(=O)NCC3=CCC=C(C)C(F)=C3)c2)n1. The molecule has 0 saturated carbocycles. The molecular formula is C21H24F2N4OS. The summed E-state index contributed by atoms with van der Waals surface area (Å²) < 4.78 is 23.3. The smallest absolute Gasteiger partial charge is 0.267 e. The third-order valence-corrected chi connectivity index (χ3v) is 4.84. The van der Waals surface area contributed by atoms with Gasteiger partial charge in [-0.1, -0.05) is 23.9 Å². The number of nitrogens with one attached hydrogen (secondary N) is 2.